The molecule has 1 fully saturated rings. The van der Waals surface area contributed by atoms with Gasteiger partial charge in [-0.2, -0.15) is 0 Å². The zero-order valence-electron chi connectivity index (χ0n) is 11.0. The van der Waals surface area contributed by atoms with Crippen LogP contribution in [0.5, 0.6) is 0 Å². The van der Waals surface area contributed by atoms with Crippen LogP contribution in [0, 0.1) is 17.3 Å². The minimum atomic E-state index is 0.0250. The van der Waals surface area contributed by atoms with E-state index in [0.29, 0.717) is 11.8 Å². The van der Waals surface area contributed by atoms with E-state index in [1.54, 1.807) is 0 Å². The molecule has 0 bridgehead atoms. The Hall–Kier alpha value is -0.340. The van der Waals surface area contributed by atoms with E-state index < -0.39 is 0 Å². The van der Waals surface area contributed by atoms with Crippen molar-refractivity contribution in [3.05, 3.63) is 11.6 Å². The first-order chi connectivity index (χ1) is 7.58. The molecule has 16 heavy (non-hydrogen) atoms. The standard InChI is InChI=1S/C14H24O2/c1-5-13-15-8-14(9-16-13)11(3)6-10(2)7-12(14)4/h6,11-13H,5,7-9H2,1-4H3/t11-,12+,13?,14?/m0/s1. The van der Waals surface area contributed by atoms with E-state index in [0.717, 1.165) is 19.6 Å². The summed E-state index contributed by atoms with van der Waals surface area (Å²) in [6.07, 6.45) is 4.57. The maximum absolute atomic E-state index is 5.85. The first kappa shape index (κ1) is 12.1. The maximum Gasteiger partial charge on any atom is 0.157 e. The summed E-state index contributed by atoms with van der Waals surface area (Å²) >= 11 is 0. The number of hydrogen-bond acceptors (Lipinski definition) is 2. The van der Waals surface area contributed by atoms with Crippen molar-refractivity contribution in [2.75, 3.05) is 13.2 Å². The van der Waals surface area contributed by atoms with Crippen molar-refractivity contribution < 1.29 is 9.47 Å². The molecule has 0 radical (unpaired) electrons. The van der Waals surface area contributed by atoms with Gasteiger partial charge in [0.2, 0.25) is 0 Å². The first-order valence-corrected chi connectivity index (χ1v) is 6.49. The summed E-state index contributed by atoms with van der Waals surface area (Å²) in [6, 6.07) is 0. The van der Waals surface area contributed by atoms with E-state index in [1.165, 1.54) is 12.0 Å². The normalized spacial score (nSPS) is 44.5. The van der Waals surface area contributed by atoms with Crippen molar-refractivity contribution >= 4 is 0 Å². The van der Waals surface area contributed by atoms with Crippen LogP contribution in [-0.2, 0) is 9.47 Å². The maximum atomic E-state index is 5.85. The topological polar surface area (TPSA) is 18.5 Å². The van der Waals surface area contributed by atoms with Crippen molar-refractivity contribution in [3.8, 4) is 0 Å². The predicted molar refractivity (Wildman–Crippen MR) is 65.1 cm³/mol. The van der Waals surface area contributed by atoms with Gasteiger partial charge in [0.25, 0.3) is 0 Å². The van der Waals surface area contributed by atoms with E-state index in [1.807, 2.05) is 0 Å². The fourth-order valence-electron chi connectivity index (χ4n) is 3.16. The van der Waals surface area contributed by atoms with Gasteiger partial charge in [-0.25, -0.2) is 0 Å². The Kier molecular flexibility index (Phi) is 3.41. The minimum Gasteiger partial charge on any atom is -0.352 e. The molecule has 0 aromatic carbocycles. The van der Waals surface area contributed by atoms with Crippen LogP contribution in [-0.4, -0.2) is 19.5 Å². The highest BCUT2D eigenvalue weighted by Gasteiger charge is 2.46. The zero-order valence-corrected chi connectivity index (χ0v) is 11.0. The van der Waals surface area contributed by atoms with Gasteiger partial charge in [-0.05, 0) is 31.6 Å². The molecule has 2 rings (SSSR count). The molecule has 1 heterocycles. The van der Waals surface area contributed by atoms with Gasteiger partial charge in [-0.15, -0.1) is 0 Å². The molecular formula is C14H24O2. The van der Waals surface area contributed by atoms with Crippen LogP contribution in [0.4, 0.5) is 0 Å². The Balaban J connectivity index is 2.13. The summed E-state index contributed by atoms with van der Waals surface area (Å²) in [7, 11) is 0. The smallest absolute Gasteiger partial charge is 0.157 e. The second-order valence-electron chi connectivity index (χ2n) is 5.60. The highest BCUT2D eigenvalue weighted by Crippen LogP contribution is 2.46. The third-order valence-corrected chi connectivity index (χ3v) is 4.46. The molecular weight excluding hydrogens is 200 g/mol. The monoisotopic (exact) mass is 224 g/mol. The largest absolute Gasteiger partial charge is 0.352 e. The number of rotatable bonds is 1. The van der Waals surface area contributed by atoms with Crippen LogP contribution in [0.3, 0.4) is 0 Å². The van der Waals surface area contributed by atoms with Crippen molar-refractivity contribution in [2.45, 2.75) is 46.8 Å². The van der Waals surface area contributed by atoms with Gasteiger partial charge in [0.1, 0.15) is 0 Å². The predicted octanol–water partition coefficient (Wildman–Crippen LogP) is 3.38. The van der Waals surface area contributed by atoms with Crippen LogP contribution < -0.4 is 0 Å². The molecule has 92 valence electrons. The third-order valence-electron chi connectivity index (χ3n) is 4.46. The van der Waals surface area contributed by atoms with Crippen LogP contribution in [0.15, 0.2) is 11.6 Å². The molecule has 2 atom stereocenters. The Bertz CT molecular complexity index is 274. The van der Waals surface area contributed by atoms with E-state index in [2.05, 4.69) is 33.8 Å². The molecule has 0 aromatic heterocycles. The average molecular weight is 224 g/mol. The van der Waals surface area contributed by atoms with Crippen LogP contribution in [0.25, 0.3) is 0 Å². The van der Waals surface area contributed by atoms with Crippen LogP contribution >= 0.6 is 0 Å². The lowest BCUT2D eigenvalue weighted by molar-refractivity contribution is -0.250. The quantitative estimate of drug-likeness (QED) is 0.636. The van der Waals surface area contributed by atoms with Crippen LogP contribution in [0.2, 0.25) is 0 Å². The summed E-state index contributed by atoms with van der Waals surface area (Å²) in [4.78, 5) is 0. The number of ether oxygens (including phenoxy) is 2. The molecule has 0 aromatic rings. The van der Waals surface area contributed by atoms with Gasteiger partial charge in [0.15, 0.2) is 6.29 Å². The number of hydrogen-bond donors (Lipinski definition) is 0. The summed E-state index contributed by atoms with van der Waals surface area (Å²) in [5.41, 5.74) is 1.73. The van der Waals surface area contributed by atoms with Crippen molar-refractivity contribution in [3.63, 3.8) is 0 Å². The second-order valence-corrected chi connectivity index (χ2v) is 5.60. The van der Waals surface area contributed by atoms with Gasteiger partial charge in [0, 0.05) is 5.41 Å². The van der Waals surface area contributed by atoms with Crippen molar-refractivity contribution in [1.82, 2.24) is 0 Å². The molecule has 0 saturated carbocycles. The molecule has 2 aliphatic rings. The van der Waals surface area contributed by atoms with Crippen LogP contribution in [0.1, 0.15) is 40.5 Å². The number of allylic oxidation sites excluding steroid dienone is 2. The lowest BCUT2D eigenvalue weighted by Gasteiger charge is -2.49. The second kappa shape index (κ2) is 4.50. The molecule has 1 saturated heterocycles. The molecule has 0 unspecified atom stereocenters. The molecule has 2 nitrogen and oxygen atoms in total. The van der Waals surface area contributed by atoms with Crippen molar-refractivity contribution in [2.24, 2.45) is 17.3 Å². The van der Waals surface area contributed by atoms with Gasteiger partial charge in [-0.1, -0.05) is 32.4 Å². The fraction of sp³-hybridized carbons (Fsp3) is 0.857. The van der Waals surface area contributed by atoms with E-state index >= 15 is 0 Å². The van der Waals surface area contributed by atoms with E-state index in [4.69, 9.17) is 9.47 Å². The van der Waals surface area contributed by atoms with Gasteiger partial charge >= 0.3 is 0 Å². The summed E-state index contributed by atoms with van der Waals surface area (Å²) in [6.45, 7) is 10.7. The average Bonchev–Trinajstić information content (AvgIpc) is 2.27. The lowest BCUT2D eigenvalue weighted by atomic mass is 9.63. The molecule has 0 amide bonds. The Morgan fingerprint density at radius 2 is 1.94 bits per heavy atom. The van der Waals surface area contributed by atoms with Gasteiger partial charge in [-0.3, -0.25) is 0 Å². The summed E-state index contributed by atoms with van der Waals surface area (Å²) in [5, 5.41) is 0. The Morgan fingerprint density at radius 3 is 2.44 bits per heavy atom. The van der Waals surface area contributed by atoms with E-state index in [9.17, 15) is 0 Å². The SMILES string of the molecule is CCC1OCC2(CO1)[C@H](C)CC(C)=C[C@@H]2C. The summed E-state index contributed by atoms with van der Waals surface area (Å²) in [5.74, 6) is 1.22. The van der Waals surface area contributed by atoms with Gasteiger partial charge in [0.05, 0.1) is 13.2 Å². The third kappa shape index (κ3) is 1.93. The fourth-order valence-corrected chi connectivity index (χ4v) is 3.16. The van der Waals surface area contributed by atoms with E-state index in [-0.39, 0.29) is 11.7 Å². The zero-order chi connectivity index (χ0) is 11.8. The Labute approximate surface area is 99.0 Å². The molecule has 2 heteroatoms. The highest BCUT2D eigenvalue weighted by molar-refractivity contribution is 5.13. The minimum absolute atomic E-state index is 0.0250. The molecule has 1 spiro atoms. The molecule has 1 aliphatic carbocycles. The van der Waals surface area contributed by atoms with Gasteiger partial charge < -0.3 is 9.47 Å². The summed E-state index contributed by atoms with van der Waals surface area (Å²) < 4.78 is 11.7. The van der Waals surface area contributed by atoms with Crippen molar-refractivity contribution in [1.29, 1.82) is 0 Å². The first-order valence-electron chi connectivity index (χ1n) is 6.49. The molecule has 1 aliphatic heterocycles. The lowest BCUT2D eigenvalue weighted by Crippen LogP contribution is -2.50. The Morgan fingerprint density at radius 1 is 1.31 bits per heavy atom. The highest BCUT2D eigenvalue weighted by atomic mass is 16.7. The molecule has 0 N–H and O–H groups in total.